The fraction of sp³-hybridized carbons (Fsp3) is 0.471. The van der Waals surface area contributed by atoms with Gasteiger partial charge in [-0.25, -0.2) is 9.97 Å². The highest BCUT2D eigenvalue weighted by atomic mass is 32.1. The molecule has 0 unspecified atom stereocenters. The molecule has 0 saturated carbocycles. The smallest absolute Gasteiger partial charge is 0.223 e. The minimum absolute atomic E-state index is 0.0830. The molecule has 1 aliphatic heterocycles. The average Bonchev–Trinajstić information content (AvgIpc) is 3.23. The molecule has 1 N–H and O–H groups in total. The molecule has 0 aliphatic carbocycles. The zero-order chi connectivity index (χ0) is 16.2. The number of carbonyl (C=O) groups is 1. The van der Waals surface area contributed by atoms with Crippen molar-refractivity contribution in [2.75, 3.05) is 18.9 Å². The molecule has 1 saturated heterocycles. The molecule has 6 heteroatoms. The summed E-state index contributed by atoms with van der Waals surface area (Å²) in [6.07, 6.45) is 3.40. The third-order valence-electron chi connectivity index (χ3n) is 4.19. The Balaban J connectivity index is 1.72. The van der Waals surface area contributed by atoms with Crippen LogP contribution in [0.5, 0.6) is 0 Å². The summed E-state index contributed by atoms with van der Waals surface area (Å²) in [5, 5.41) is 5.12. The fourth-order valence-electron chi connectivity index (χ4n) is 3.09. The van der Waals surface area contributed by atoms with Gasteiger partial charge in [0.05, 0.1) is 11.7 Å². The highest BCUT2D eigenvalue weighted by molar-refractivity contribution is 7.09. The van der Waals surface area contributed by atoms with Gasteiger partial charge in [-0.1, -0.05) is 6.07 Å². The highest BCUT2D eigenvalue weighted by Crippen LogP contribution is 2.32. The van der Waals surface area contributed by atoms with Crippen molar-refractivity contribution in [1.82, 2.24) is 14.9 Å². The number of hydrogen-bond acceptors (Lipinski definition) is 5. The quantitative estimate of drug-likeness (QED) is 0.915. The molecule has 23 heavy (non-hydrogen) atoms. The van der Waals surface area contributed by atoms with Crippen LogP contribution in [-0.2, 0) is 11.2 Å². The normalized spacial score (nSPS) is 17.5. The first-order valence-corrected chi connectivity index (χ1v) is 8.90. The van der Waals surface area contributed by atoms with E-state index in [-0.39, 0.29) is 11.9 Å². The van der Waals surface area contributed by atoms with Crippen LogP contribution in [0.15, 0.2) is 23.6 Å². The lowest BCUT2D eigenvalue weighted by Crippen LogP contribution is -2.31. The molecule has 0 aromatic carbocycles. The maximum absolute atomic E-state index is 12.6. The lowest BCUT2D eigenvalue weighted by Gasteiger charge is -2.25. The van der Waals surface area contributed by atoms with Crippen molar-refractivity contribution >= 4 is 23.1 Å². The lowest BCUT2D eigenvalue weighted by atomic mass is 10.1. The molecule has 1 fully saturated rings. The largest absolute Gasteiger partial charge is 0.373 e. The fourth-order valence-corrected chi connectivity index (χ4v) is 3.80. The zero-order valence-corrected chi connectivity index (χ0v) is 14.4. The van der Waals surface area contributed by atoms with Gasteiger partial charge in [0.25, 0.3) is 0 Å². The second-order valence-corrected chi connectivity index (χ2v) is 6.83. The summed E-state index contributed by atoms with van der Waals surface area (Å²) in [7, 11) is 1.85. The first-order chi connectivity index (χ1) is 11.2. The van der Waals surface area contributed by atoms with E-state index in [0.29, 0.717) is 6.42 Å². The summed E-state index contributed by atoms with van der Waals surface area (Å²) in [4.78, 5) is 24.8. The van der Waals surface area contributed by atoms with Crippen molar-refractivity contribution in [2.45, 2.75) is 38.6 Å². The molecule has 0 bridgehead atoms. The Bertz CT molecular complexity index is 671. The molecule has 2 aromatic rings. The molecule has 5 nitrogen and oxygen atoms in total. The van der Waals surface area contributed by atoms with E-state index in [1.807, 2.05) is 31.0 Å². The number of aromatic nitrogens is 2. The summed E-state index contributed by atoms with van der Waals surface area (Å²) in [5.41, 5.74) is 0.948. The van der Waals surface area contributed by atoms with Crippen LogP contribution in [0.25, 0.3) is 0 Å². The van der Waals surface area contributed by atoms with Crippen LogP contribution in [0.4, 0.5) is 5.82 Å². The number of anilines is 1. The number of likely N-dealkylation sites (tertiary alicyclic amines) is 1. The van der Waals surface area contributed by atoms with E-state index >= 15 is 0 Å². The van der Waals surface area contributed by atoms with E-state index in [1.54, 1.807) is 11.3 Å². The van der Waals surface area contributed by atoms with Gasteiger partial charge in [-0.05, 0) is 37.6 Å². The molecule has 3 rings (SSSR count). The Morgan fingerprint density at radius 1 is 1.48 bits per heavy atom. The summed E-state index contributed by atoms with van der Waals surface area (Å²) < 4.78 is 0. The number of amides is 1. The number of thiophene rings is 1. The van der Waals surface area contributed by atoms with Crippen LogP contribution >= 0.6 is 11.3 Å². The van der Waals surface area contributed by atoms with Gasteiger partial charge < -0.3 is 10.2 Å². The number of aryl methyl sites for hydroxylation is 2. The molecule has 2 aromatic heterocycles. The third kappa shape index (κ3) is 3.69. The maximum Gasteiger partial charge on any atom is 0.223 e. The van der Waals surface area contributed by atoms with Gasteiger partial charge >= 0.3 is 0 Å². The zero-order valence-electron chi connectivity index (χ0n) is 13.6. The topological polar surface area (TPSA) is 58.1 Å². The molecule has 0 spiro atoms. The third-order valence-corrected chi connectivity index (χ3v) is 5.13. The standard InChI is InChI=1S/C17H22N4OS/c1-12-19-14(11-16(18-2)20-12)15-6-3-9-21(15)17(22)8-7-13-5-4-10-23-13/h4-5,10-11,15H,3,6-9H2,1-2H3,(H,18,19,20)/t15-/m0/s1. The van der Waals surface area contributed by atoms with Gasteiger partial charge in [0, 0.05) is 31.0 Å². The Kier molecular flexibility index (Phi) is 4.91. The Morgan fingerprint density at radius 2 is 2.35 bits per heavy atom. The second-order valence-electron chi connectivity index (χ2n) is 5.80. The molecule has 1 atom stereocenters. The predicted octanol–water partition coefficient (Wildman–Crippen LogP) is 3.18. The lowest BCUT2D eigenvalue weighted by molar-refractivity contribution is -0.132. The SMILES string of the molecule is CNc1cc([C@@H]2CCCN2C(=O)CCc2cccs2)nc(C)n1. The molecule has 0 radical (unpaired) electrons. The minimum atomic E-state index is 0.0830. The van der Waals surface area contributed by atoms with Gasteiger partial charge in [0.15, 0.2) is 0 Å². The number of rotatable bonds is 5. The summed E-state index contributed by atoms with van der Waals surface area (Å²) >= 11 is 1.71. The number of nitrogens with one attached hydrogen (secondary N) is 1. The number of nitrogens with zero attached hydrogens (tertiary/aromatic N) is 3. The van der Waals surface area contributed by atoms with E-state index in [9.17, 15) is 4.79 Å². The molecule has 122 valence electrons. The monoisotopic (exact) mass is 330 g/mol. The van der Waals surface area contributed by atoms with Gasteiger partial charge in [-0.15, -0.1) is 11.3 Å². The van der Waals surface area contributed by atoms with E-state index < -0.39 is 0 Å². The van der Waals surface area contributed by atoms with Crippen molar-refractivity contribution in [3.05, 3.63) is 40.0 Å². The van der Waals surface area contributed by atoms with Gasteiger partial charge in [0.2, 0.25) is 5.91 Å². The van der Waals surface area contributed by atoms with E-state index in [1.165, 1.54) is 4.88 Å². The van der Waals surface area contributed by atoms with Crippen LogP contribution in [0.3, 0.4) is 0 Å². The molecular formula is C17H22N4OS. The van der Waals surface area contributed by atoms with Gasteiger partial charge in [-0.3, -0.25) is 4.79 Å². The molecule has 3 heterocycles. The van der Waals surface area contributed by atoms with Crippen LogP contribution in [0.1, 0.15) is 41.7 Å². The molecule has 1 aliphatic rings. The summed E-state index contributed by atoms with van der Waals surface area (Å²) in [5.74, 6) is 1.78. The van der Waals surface area contributed by atoms with Crippen LogP contribution in [0, 0.1) is 6.92 Å². The van der Waals surface area contributed by atoms with Crippen LogP contribution in [-0.4, -0.2) is 34.4 Å². The minimum Gasteiger partial charge on any atom is -0.373 e. The average molecular weight is 330 g/mol. The number of carbonyl (C=O) groups excluding carboxylic acids is 1. The van der Waals surface area contributed by atoms with E-state index in [0.717, 1.165) is 43.1 Å². The van der Waals surface area contributed by atoms with E-state index in [2.05, 4.69) is 26.7 Å². The van der Waals surface area contributed by atoms with Crippen molar-refractivity contribution in [2.24, 2.45) is 0 Å². The molecule has 1 amide bonds. The first kappa shape index (κ1) is 15.9. The van der Waals surface area contributed by atoms with Crippen molar-refractivity contribution < 1.29 is 4.79 Å². The first-order valence-electron chi connectivity index (χ1n) is 8.02. The van der Waals surface area contributed by atoms with Gasteiger partial charge in [-0.2, -0.15) is 0 Å². The highest BCUT2D eigenvalue weighted by Gasteiger charge is 2.31. The summed E-state index contributed by atoms with van der Waals surface area (Å²) in [6, 6.07) is 6.17. The predicted molar refractivity (Wildman–Crippen MR) is 92.6 cm³/mol. The van der Waals surface area contributed by atoms with Crippen LogP contribution in [0.2, 0.25) is 0 Å². The molecular weight excluding hydrogens is 308 g/mol. The van der Waals surface area contributed by atoms with Gasteiger partial charge in [0.1, 0.15) is 11.6 Å². The maximum atomic E-state index is 12.6. The van der Waals surface area contributed by atoms with Crippen molar-refractivity contribution in [3.63, 3.8) is 0 Å². The van der Waals surface area contributed by atoms with Crippen molar-refractivity contribution in [1.29, 1.82) is 0 Å². The second kappa shape index (κ2) is 7.08. The Morgan fingerprint density at radius 3 is 3.09 bits per heavy atom. The van der Waals surface area contributed by atoms with Crippen molar-refractivity contribution in [3.8, 4) is 0 Å². The Labute approximate surface area is 140 Å². The summed E-state index contributed by atoms with van der Waals surface area (Å²) in [6.45, 7) is 2.72. The number of hydrogen-bond donors (Lipinski definition) is 1. The van der Waals surface area contributed by atoms with E-state index in [4.69, 9.17) is 0 Å². The Hall–Kier alpha value is -1.95. The van der Waals surface area contributed by atoms with Crippen LogP contribution < -0.4 is 5.32 Å².